The summed E-state index contributed by atoms with van der Waals surface area (Å²) in [6.45, 7) is 5.36. The normalized spacial score (nSPS) is 21.8. The number of morpholine rings is 1. The molecule has 3 N–H and O–H groups in total. The Labute approximate surface area is 133 Å². The van der Waals surface area contributed by atoms with Crippen LogP contribution in [0, 0.1) is 0 Å². The van der Waals surface area contributed by atoms with Crippen molar-refractivity contribution in [2.75, 3.05) is 24.6 Å². The fraction of sp³-hybridized carbons (Fsp3) is 0.500. The Hall–Kier alpha value is -0.690. The lowest BCUT2D eigenvalue weighted by Crippen LogP contribution is -2.54. The van der Waals surface area contributed by atoms with Gasteiger partial charge in [0.2, 0.25) is 0 Å². The summed E-state index contributed by atoms with van der Waals surface area (Å²) in [6, 6.07) is 5.87. The van der Waals surface area contributed by atoms with Crippen molar-refractivity contribution in [3.63, 3.8) is 0 Å². The SMILES string of the molecule is CC1(C)CN(c2cccc(Br)c2C(N)=S)CC(CO)O1. The molecule has 1 heterocycles. The van der Waals surface area contributed by atoms with Crippen LogP contribution in [0.4, 0.5) is 5.69 Å². The number of hydrogen-bond donors (Lipinski definition) is 2. The molecule has 0 aromatic heterocycles. The number of thiocarbonyl (C=S) groups is 1. The van der Waals surface area contributed by atoms with Gasteiger partial charge >= 0.3 is 0 Å². The van der Waals surface area contributed by atoms with E-state index in [9.17, 15) is 5.11 Å². The van der Waals surface area contributed by atoms with E-state index in [4.69, 9.17) is 22.7 Å². The molecule has 1 aromatic carbocycles. The van der Waals surface area contributed by atoms with Crippen LogP contribution < -0.4 is 10.6 Å². The van der Waals surface area contributed by atoms with Crippen LogP contribution in [0.25, 0.3) is 0 Å². The maximum Gasteiger partial charge on any atom is 0.107 e. The molecule has 1 aromatic rings. The molecular weight excluding hydrogens is 340 g/mol. The second-order valence-corrected chi connectivity index (χ2v) is 6.86. The largest absolute Gasteiger partial charge is 0.394 e. The number of rotatable bonds is 3. The number of nitrogens with two attached hydrogens (primary N) is 1. The third-order valence-corrected chi connectivity index (χ3v) is 4.13. The highest BCUT2D eigenvalue weighted by molar-refractivity contribution is 9.10. The van der Waals surface area contributed by atoms with Gasteiger partial charge in [-0.25, -0.2) is 0 Å². The molecule has 6 heteroatoms. The number of hydrogen-bond acceptors (Lipinski definition) is 4. The number of aliphatic hydroxyl groups is 1. The van der Waals surface area contributed by atoms with Crippen LogP contribution in [0.5, 0.6) is 0 Å². The molecule has 1 fully saturated rings. The lowest BCUT2D eigenvalue weighted by Gasteiger charge is -2.44. The van der Waals surface area contributed by atoms with Gasteiger partial charge in [-0.1, -0.05) is 18.3 Å². The summed E-state index contributed by atoms with van der Waals surface area (Å²) in [6.07, 6.45) is -0.211. The Morgan fingerprint density at radius 3 is 2.90 bits per heavy atom. The monoisotopic (exact) mass is 358 g/mol. The highest BCUT2D eigenvalue weighted by atomic mass is 79.9. The molecule has 0 spiro atoms. The minimum absolute atomic E-state index is 0.00363. The molecule has 110 valence electrons. The summed E-state index contributed by atoms with van der Waals surface area (Å²) in [5.41, 5.74) is 7.32. The van der Waals surface area contributed by atoms with Crippen molar-refractivity contribution in [2.45, 2.75) is 25.6 Å². The van der Waals surface area contributed by atoms with E-state index in [0.29, 0.717) is 11.5 Å². The third kappa shape index (κ3) is 3.31. The number of ether oxygens (including phenoxy) is 1. The van der Waals surface area contributed by atoms with E-state index >= 15 is 0 Å². The predicted molar refractivity (Wildman–Crippen MR) is 88.3 cm³/mol. The Morgan fingerprint density at radius 2 is 2.30 bits per heavy atom. The first-order valence-corrected chi connectivity index (χ1v) is 7.66. The summed E-state index contributed by atoms with van der Waals surface area (Å²) in [4.78, 5) is 2.53. The molecule has 0 amide bonds. The van der Waals surface area contributed by atoms with Crippen molar-refractivity contribution in [1.82, 2.24) is 0 Å². The summed E-state index contributed by atoms with van der Waals surface area (Å²) in [5, 5.41) is 9.41. The second-order valence-electron chi connectivity index (χ2n) is 5.56. The summed E-state index contributed by atoms with van der Waals surface area (Å²) < 4.78 is 6.72. The van der Waals surface area contributed by atoms with Gasteiger partial charge in [0.1, 0.15) is 4.99 Å². The van der Waals surface area contributed by atoms with Crippen LogP contribution in [0.3, 0.4) is 0 Å². The molecule has 1 unspecified atom stereocenters. The van der Waals surface area contributed by atoms with Gasteiger partial charge in [-0.15, -0.1) is 0 Å². The van der Waals surface area contributed by atoms with Crippen molar-refractivity contribution in [3.05, 3.63) is 28.2 Å². The van der Waals surface area contributed by atoms with E-state index < -0.39 is 0 Å². The number of aliphatic hydroxyl groups excluding tert-OH is 1. The van der Waals surface area contributed by atoms with Gasteiger partial charge in [0.25, 0.3) is 0 Å². The number of anilines is 1. The van der Waals surface area contributed by atoms with Gasteiger partial charge < -0.3 is 20.5 Å². The van der Waals surface area contributed by atoms with Gasteiger partial charge in [0.15, 0.2) is 0 Å². The van der Waals surface area contributed by atoms with Gasteiger partial charge in [-0.3, -0.25) is 0 Å². The average Bonchev–Trinajstić information content (AvgIpc) is 2.36. The zero-order valence-electron chi connectivity index (χ0n) is 11.6. The summed E-state index contributed by atoms with van der Waals surface area (Å²) >= 11 is 8.66. The average molecular weight is 359 g/mol. The molecule has 0 aliphatic carbocycles. The van der Waals surface area contributed by atoms with Crippen molar-refractivity contribution in [3.8, 4) is 0 Å². The standard InChI is InChI=1S/C14H19BrN2O2S/c1-14(2)8-17(6-9(7-18)19-14)11-5-3-4-10(15)12(11)13(16)20/h3-5,9,18H,6-8H2,1-2H3,(H2,16,20). The van der Waals surface area contributed by atoms with Crippen LogP contribution >= 0.6 is 28.1 Å². The molecular formula is C14H19BrN2O2S. The van der Waals surface area contributed by atoms with Gasteiger partial charge in [-0.05, 0) is 41.9 Å². The zero-order valence-corrected chi connectivity index (χ0v) is 14.0. The predicted octanol–water partition coefficient (Wildman–Crippen LogP) is 2.06. The van der Waals surface area contributed by atoms with Gasteiger partial charge in [0, 0.05) is 28.8 Å². The van der Waals surface area contributed by atoms with Crippen LogP contribution in [0.2, 0.25) is 0 Å². The van der Waals surface area contributed by atoms with Crippen LogP contribution in [-0.2, 0) is 4.74 Å². The van der Waals surface area contributed by atoms with Gasteiger partial charge in [-0.2, -0.15) is 0 Å². The minimum Gasteiger partial charge on any atom is -0.394 e. The van der Waals surface area contributed by atoms with E-state index in [1.165, 1.54) is 0 Å². The van der Waals surface area contributed by atoms with E-state index in [1.54, 1.807) is 0 Å². The van der Waals surface area contributed by atoms with E-state index in [1.807, 2.05) is 32.0 Å². The van der Waals surface area contributed by atoms with Gasteiger partial charge in [0.05, 0.1) is 18.3 Å². The quantitative estimate of drug-likeness (QED) is 0.810. The lowest BCUT2D eigenvalue weighted by atomic mass is 10.0. The smallest absolute Gasteiger partial charge is 0.107 e. The lowest BCUT2D eigenvalue weighted by molar-refractivity contribution is -0.101. The maximum absolute atomic E-state index is 9.41. The number of nitrogens with zero attached hydrogens (tertiary/aromatic N) is 1. The Kier molecular flexibility index (Phi) is 4.69. The fourth-order valence-electron chi connectivity index (χ4n) is 2.59. The zero-order chi connectivity index (χ0) is 14.9. The molecule has 0 radical (unpaired) electrons. The Balaban J connectivity index is 2.40. The first-order chi connectivity index (χ1) is 9.34. The topological polar surface area (TPSA) is 58.7 Å². The van der Waals surface area contributed by atoms with Crippen LogP contribution in [0.15, 0.2) is 22.7 Å². The van der Waals surface area contributed by atoms with E-state index in [0.717, 1.165) is 22.3 Å². The molecule has 1 aliphatic heterocycles. The molecule has 1 atom stereocenters. The molecule has 0 bridgehead atoms. The molecule has 20 heavy (non-hydrogen) atoms. The summed E-state index contributed by atoms with van der Waals surface area (Å²) in [7, 11) is 0. The van der Waals surface area contributed by atoms with Crippen molar-refractivity contribution < 1.29 is 9.84 Å². The molecule has 1 aliphatic rings. The Bertz CT molecular complexity index is 522. The van der Waals surface area contributed by atoms with E-state index in [-0.39, 0.29) is 18.3 Å². The highest BCUT2D eigenvalue weighted by Crippen LogP contribution is 2.32. The molecule has 4 nitrogen and oxygen atoms in total. The van der Waals surface area contributed by atoms with Crippen molar-refractivity contribution in [2.24, 2.45) is 5.73 Å². The number of benzene rings is 1. The van der Waals surface area contributed by atoms with Crippen LogP contribution in [0.1, 0.15) is 19.4 Å². The van der Waals surface area contributed by atoms with Crippen LogP contribution in [-0.4, -0.2) is 41.5 Å². The molecule has 1 saturated heterocycles. The molecule has 0 saturated carbocycles. The first kappa shape index (κ1) is 15.7. The van der Waals surface area contributed by atoms with E-state index in [2.05, 4.69) is 20.8 Å². The Morgan fingerprint density at radius 1 is 1.60 bits per heavy atom. The maximum atomic E-state index is 9.41. The number of halogens is 1. The molecule has 2 rings (SSSR count). The summed E-state index contributed by atoms with van der Waals surface area (Å²) in [5.74, 6) is 0. The fourth-order valence-corrected chi connectivity index (χ4v) is 3.51. The second kappa shape index (κ2) is 5.97. The van der Waals surface area contributed by atoms with Crippen molar-refractivity contribution in [1.29, 1.82) is 0 Å². The minimum atomic E-state index is -0.332. The highest BCUT2D eigenvalue weighted by Gasteiger charge is 2.34. The third-order valence-electron chi connectivity index (χ3n) is 3.26. The van der Waals surface area contributed by atoms with Crippen molar-refractivity contribution >= 4 is 38.8 Å². The first-order valence-electron chi connectivity index (χ1n) is 6.46.